The van der Waals surface area contributed by atoms with E-state index in [1.165, 1.54) is 0 Å². The first-order valence-corrected chi connectivity index (χ1v) is 8.07. The second-order valence-corrected chi connectivity index (χ2v) is 5.98. The minimum atomic E-state index is -0.112. The predicted octanol–water partition coefficient (Wildman–Crippen LogP) is 4.04. The number of aldehydes is 1. The molecule has 1 aromatic rings. The van der Waals surface area contributed by atoms with E-state index in [4.69, 9.17) is 21.1 Å². The zero-order chi connectivity index (χ0) is 15.9. The molecule has 0 N–H and O–H groups in total. The molecule has 0 heterocycles. The van der Waals surface area contributed by atoms with Crippen molar-refractivity contribution in [2.45, 2.75) is 45.1 Å². The zero-order valence-corrected chi connectivity index (χ0v) is 13.5. The van der Waals surface area contributed by atoms with Crippen LogP contribution in [0.5, 0.6) is 5.75 Å². The van der Waals surface area contributed by atoms with Crippen LogP contribution in [0.1, 0.15) is 49.4 Å². The van der Waals surface area contributed by atoms with Crippen LogP contribution in [0.3, 0.4) is 0 Å². The van der Waals surface area contributed by atoms with Gasteiger partial charge >= 0.3 is 5.97 Å². The van der Waals surface area contributed by atoms with Crippen molar-refractivity contribution >= 4 is 23.9 Å². The first-order chi connectivity index (χ1) is 10.6. The smallest absolute Gasteiger partial charge is 0.306 e. The quantitative estimate of drug-likeness (QED) is 0.585. The number of hydrogen-bond donors (Lipinski definition) is 0. The van der Waals surface area contributed by atoms with E-state index in [-0.39, 0.29) is 12.1 Å². The van der Waals surface area contributed by atoms with Crippen LogP contribution in [0.4, 0.5) is 0 Å². The number of halogens is 1. The molecule has 120 valence electrons. The zero-order valence-electron chi connectivity index (χ0n) is 12.7. The van der Waals surface area contributed by atoms with Crippen LogP contribution in [0.2, 0.25) is 5.02 Å². The summed E-state index contributed by atoms with van der Waals surface area (Å²) in [5.41, 5.74) is 0.537. The van der Waals surface area contributed by atoms with Crippen LogP contribution in [0.25, 0.3) is 0 Å². The lowest BCUT2D eigenvalue weighted by atomic mass is 9.85. The first kappa shape index (κ1) is 16.8. The van der Waals surface area contributed by atoms with Crippen molar-refractivity contribution in [1.82, 2.24) is 0 Å². The molecular formula is C17H21ClO4. The third-order valence-electron chi connectivity index (χ3n) is 3.94. The molecule has 0 unspecified atom stereocenters. The summed E-state index contributed by atoms with van der Waals surface area (Å²) >= 11 is 6.11. The monoisotopic (exact) mass is 324 g/mol. The van der Waals surface area contributed by atoms with Gasteiger partial charge in [-0.1, -0.05) is 11.6 Å². The van der Waals surface area contributed by atoms with Gasteiger partial charge in [0.1, 0.15) is 12.0 Å². The second-order valence-electron chi connectivity index (χ2n) is 5.58. The molecule has 0 atom stereocenters. The molecule has 2 rings (SSSR count). The van der Waals surface area contributed by atoms with Crippen LogP contribution in [0, 0.1) is 5.92 Å². The Bertz CT molecular complexity index is 521. The maximum Gasteiger partial charge on any atom is 0.306 e. The average Bonchev–Trinajstić information content (AvgIpc) is 2.51. The molecule has 1 aliphatic carbocycles. The number of esters is 1. The summed E-state index contributed by atoms with van der Waals surface area (Å²) in [5.74, 6) is 0.882. The van der Waals surface area contributed by atoms with E-state index in [0.717, 1.165) is 32.0 Å². The van der Waals surface area contributed by atoms with Crippen molar-refractivity contribution < 1.29 is 19.1 Å². The van der Waals surface area contributed by atoms with Crippen molar-refractivity contribution in [3.05, 3.63) is 28.8 Å². The molecule has 0 spiro atoms. The van der Waals surface area contributed by atoms with E-state index >= 15 is 0 Å². The number of benzene rings is 1. The van der Waals surface area contributed by atoms with Crippen LogP contribution >= 0.6 is 11.6 Å². The van der Waals surface area contributed by atoms with Crippen LogP contribution in [-0.2, 0) is 9.53 Å². The average molecular weight is 325 g/mol. The Morgan fingerprint density at radius 3 is 2.64 bits per heavy atom. The van der Waals surface area contributed by atoms with Gasteiger partial charge in [0.15, 0.2) is 0 Å². The minimum absolute atomic E-state index is 0.109. The fourth-order valence-corrected chi connectivity index (χ4v) is 3.01. The van der Waals surface area contributed by atoms with Gasteiger partial charge in [-0.2, -0.15) is 0 Å². The number of hydrogen-bond acceptors (Lipinski definition) is 4. The van der Waals surface area contributed by atoms with Crippen molar-refractivity contribution in [3.63, 3.8) is 0 Å². The van der Waals surface area contributed by atoms with E-state index in [0.29, 0.717) is 35.3 Å². The van der Waals surface area contributed by atoms with Crippen molar-refractivity contribution in [1.29, 1.82) is 0 Å². The Kier molecular flexibility index (Phi) is 6.25. The number of ether oxygens (including phenoxy) is 2. The van der Waals surface area contributed by atoms with Crippen molar-refractivity contribution in [2.24, 2.45) is 5.92 Å². The largest absolute Gasteiger partial charge is 0.489 e. The highest BCUT2D eigenvalue weighted by Gasteiger charge is 2.25. The highest BCUT2D eigenvalue weighted by Crippen LogP contribution is 2.32. The fraction of sp³-hybridized carbons (Fsp3) is 0.529. The minimum Gasteiger partial charge on any atom is -0.489 e. The van der Waals surface area contributed by atoms with E-state index < -0.39 is 0 Å². The highest BCUT2D eigenvalue weighted by molar-refractivity contribution is 6.32. The summed E-state index contributed by atoms with van der Waals surface area (Å²) in [5, 5.41) is 0.457. The van der Waals surface area contributed by atoms with Gasteiger partial charge in [0.2, 0.25) is 0 Å². The topological polar surface area (TPSA) is 52.6 Å². The summed E-state index contributed by atoms with van der Waals surface area (Å²) < 4.78 is 10.9. The molecule has 0 aliphatic heterocycles. The first-order valence-electron chi connectivity index (χ1n) is 7.69. The van der Waals surface area contributed by atoms with E-state index in [1.54, 1.807) is 18.2 Å². The number of carbonyl (C=O) groups excluding carboxylic acids is 2. The summed E-state index contributed by atoms with van der Waals surface area (Å²) in [6.07, 6.45) is 5.07. The van der Waals surface area contributed by atoms with E-state index in [2.05, 4.69) is 0 Å². The molecule has 1 fully saturated rings. The Morgan fingerprint density at radius 2 is 2.05 bits per heavy atom. The van der Waals surface area contributed by atoms with Gasteiger partial charge in [0.05, 0.1) is 17.7 Å². The van der Waals surface area contributed by atoms with Gasteiger partial charge < -0.3 is 9.47 Å². The maximum atomic E-state index is 11.5. The lowest BCUT2D eigenvalue weighted by molar-refractivity contribution is -0.144. The maximum absolute atomic E-state index is 11.5. The van der Waals surface area contributed by atoms with Crippen LogP contribution in [0.15, 0.2) is 18.2 Å². The highest BCUT2D eigenvalue weighted by atomic mass is 35.5. The lowest BCUT2D eigenvalue weighted by Gasteiger charge is -2.28. The molecule has 4 nitrogen and oxygen atoms in total. The van der Waals surface area contributed by atoms with Crippen LogP contribution < -0.4 is 4.74 Å². The van der Waals surface area contributed by atoms with E-state index in [1.807, 2.05) is 6.92 Å². The molecule has 0 aromatic heterocycles. The fourth-order valence-electron chi connectivity index (χ4n) is 2.77. The molecule has 0 saturated heterocycles. The molecule has 5 heteroatoms. The molecule has 0 amide bonds. The van der Waals surface area contributed by atoms with Crippen molar-refractivity contribution in [2.75, 3.05) is 6.61 Å². The molecule has 0 radical (unpaired) electrons. The van der Waals surface area contributed by atoms with Gasteiger partial charge in [-0.05, 0) is 56.7 Å². The summed E-state index contributed by atoms with van der Waals surface area (Å²) in [4.78, 5) is 22.2. The Hall–Kier alpha value is -1.55. The Balaban J connectivity index is 1.82. The summed E-state index contributed by atoms with van der Waals surface area (Å²) in [6, 6.07) is 5.04. The normalized spacial score (nSPS) is 21.2. The van der Waals surface area contributed by atoms with Gasteiger partial charge in [-0.15, -0.1) is 0 Å². The third kappa shape index (κ3) is 4.73. The molecule has 0 bridgehead atoms. The van der Waals surface area contributed by atoms with Gasteiger partial charge in [0, 0.05) is 12.0 Å². The second kappa shape index (κ2) is 8.18. The SMILES string of the molecule is CCOC(=O)C[C@H]1CC[C@H](Oc2ccc(C=O)cc2Cl)CC1. The lowest BCUT2D eigenvalue weighted by Crippen LogP contribution is -2.25. The van der Waals surface area contributed by atoms with Crippen molar-refractivity contribution in [3.8, 4) is 5.75 Å². The number of carbonyl (C=O) groups is 2. The van der Waals surface area contributed by atoms with Gasteiger partial charge in [0.25, 0.3) is 0 Å². The standard InChI is InChI=1S/C17H21ClO4/c1-2-21-17(20)10-12-3-6-14(7-4-12)22-16-8-5-13(11-19)9-15(16)18/h5,8-9,11-12,14H,2-4,6-7,10H2,1H3/t12-,14-. The predicted molar refractivity (Wildman–Crippen MR) is 84.5 cm³/mol. The summed E-state index contributed by atoms with van der Waals surface area (Å²) in [6.45, 7) is 2.26. The molecular weight excluding hydrogens is 304 g/mol. The van der Waals surface area contributed by atoms with Crippen LogP contribution in [-0.4, -0.2) is 25.0 Å². The van der Waals surface area contributed by atoms with Gasteiger partial charge in [-0.3, -0.25) is 9.59 Å². The molecule has 22 heavy (non-hydrogen) atoms. The molecule has 1 saturated carbocycles. The summed E-state index contributed by atoms with van der Waals surface area (Å²) in [7, 11) is 0. The number of rotatable bonds is 6. The Labute approximate surface area is 135 Å². The third-order valence-corrected chi connectivity index (χ3v) is 4.24. The molecule has 1 aliphatic rings. The van der Waals surface area contributed by atoms with E-state index in [9.17, 15) is 9.59 Å². The Morgan fingerprint density at radius 1 is 1.32 bits per heavy atom. The molecule has 1 aromatic carbocycles. The van der Waals surface area contributed by atoms with Gasteiger partial charge in [-0.25, -0.2) is 0 Å².